The molecular formula is C14H13F3N2O. The molecule has 1 atom stereocenters. The third-order valence-electron chi connectivity index (χ3n) is 2.97. The zero-order valence-corrected chi connectivity index (χ0v) is 10.7. The number of pyridine rings is 1. The molecule has 0 saturated carbocycles. The molecule has 1 unspecified atom stereocenters. The summed E-state index contributed by atoms with van der Waals surface area (Å²) in [4.78, 5) is 3.86. The average Bonchev–Trinajstić information content (AvgIpc) is 2.45. The maximum absolute atomic E-state index is 13.0. The number of methoxy groups -OCH3 is 1. The van der Waals surface area contributed by atoms with Gasteiger partial charge in [-0.2, -0.15) is 13.2 Å². The number of aromatic nitrogens is 1. The highest BCUT2D eigenvalue weighted by molar-refractivity contribution is 5.43. The molecule has 0 saturated heterocycles. The highest BCUT2D eigenvalue weighted by atomic mass is 19.4. The first kappa shape index (κ1) is 14.3. The Labute approximate surface area is 114 Å². The minimum absolute atomic E-state index is 0.00417. The summed E-state index contributed by atoms with van der Waals surface area (Å²) in [5.74, 6) is 0.358. The molecule has 0 aliphatic rings. The first-order valence-electron chi connectivity index (χ1n) is 5.84. The van der Waals surface area contributed by atoms with Crippen molar-refractivity contribution in [3.8, 4) is 5.75 Å². The van der Waals surface area contributed by atoms with Crippen LogP contribution in [-0.4, -0.2) is 12.1 Å². The van der Waals surface area contributed by atoms with Gasteiger partial charge in [0.2, 0.25) is 0 Å². The minimum atomic E-state index is -4.45. The topological polar surface area (TPSA) is 48.1 Å². The number of halogens is 3. The summed E-state index contributed by atoms with van der Waals surface area (Å²) in [5.41, 5.74) is 5.70. The number of alkyl halides is 3. The van der Waals surface area contributed by atoms with Gasteiger partial charge in [0, 0.05) is 11.8 Å². The van der Waals surface area contributed by atoms with E-state index in [1.165, 1.54) is 37.7 Å². The normalized spacial score (nSPS) is 13.1. The van der Waals surface area contributed by atoms with Crippen molar-refractivity contribution in [3.05, 3.63) is 59.4 Å². The molecule has 3 nitrogen and oxygen atoms in total. The largest absolute Gasteiger partial charge is 0.495 e. The first-order chi connectivity index (χ1) is 9.45. The zero-order chi connectivity index (χ0) is 14.8. The van der Waals surface area contributed by atoms with Gasteiger partial charge >= 0.3 is 6.18 Å². The highest BCUT2D eigenvalue weighted by Gasteiger charge is 2.34. The van der Waals surface area contributed by atoms with E-state index in [1.807, 2.05) is 0 Å². The van der Waals surface area contributed by atoms with E-state index in [1.54, 1.807) is 6.07 Å². The molecule has 20 heavy (non-hydrogen) atoms. The molecule has 6 heteroatoms. The van der Waals surface area contributed by atoms with E-state index in [4.69, 9.17) is 10.5 Å². The Morgan fingerprint density at radius 1 is 1.15 bits per heavy atom. The molecule has 2 aromatic rings. The van der Waals surface area contributed by atoms with Crippen LogP contribution in [0.4, 0.5) is 13.2 Å². The van der Waals surface area contributed by atoms with Crippen LogP contribution in [0.2, 0.25) is 0 Å². The van der Waals surface area contributed by atoms with Gasteiger partial charge in [0.25, 0.3) is 0 Å². The fraction of sp³-hybridized carbons (Fsp3) is 0.214. The summed E-state index contributed by atoms with van der Waals surface area (Å²) in [7, 11) is 1.42. The quantitative estimate of drug-likeness (QED) is 0.940. The Kier molecular flexibility index (Phi) is 3.94. The number of ether oxygens (including phenoxy) is 1. The summed E-state index contributed by atoms with van der Waals surface area (Å²) in [6.45, 7) is 0. The average molecular weight is 282 g/mol. The van der Waals surface area contributed by atoms with Crippen molar-refractivity contribution in [2.75, 3.05) is 7.11 Å². The summed E-state index contributed by atoms with van der Waals surface area (Å²) in [5, 5.41) is 0. The minimum Gasteiger partial charge on any atom is -0.495 e. The lowest BCUT2D eigenvalue weighted by atomic mass is 9.95. The molecule has 1 heterocycles. The van der Waals surface area contributed by atoms with Crippen LogP contribution in [0.25, 0.3) is 0 Å². The lowest BCUT2D eigenvalue weighted by Crippen LogP contribution is -2.19. The summed E-state index contributed by atoms with van der Waals surface area (Å²) in [6.07, 6.45) is -1.56. The van der Waals surface area contributed by atoms with Crippen molar-refractivity contribution < 1.29 is 17.9 Å². The standard InChI is InChI=1S/C14H13F3N2O/c1-20-12-8-19-7-6-10(12)13(18)9-4-2-3-5-11(9)14(15,16)17/h2-8,13H,18H2,1H3. The van der Waals surface area contributed by atoms with E-state index >= 15 is 0 Å². The van der Waals surface area contributed by atoms with E-state index in [0.29, 0.717) is 11.3 Å². The predicted octanol–water partition coefficient (Wildman–Crippen LogP) is 3.16. The third-order valence-corrected chi connectivity index (χ3v) is 2.97. The lowest BCUT2D eigenvalue weighted by molar-refractivity contribution is -0.138. The van der Waals surface area contributed by atoms with Gasteiger partial charge in [0.05, 0.1) is 24.9 Å². The second kappa shape index (κ2) is 5.50. The number of benzene rings is 1. The van der Waals surface area contributed by atoms with Crippen LogP contribution < -0.4 is 10.5 Å². The second-order valence-electron chi connectivity index (χ2n) is 4.18. The van der Waals surface area contributed by atoms with E-state index in [0.717, 1.165) is 6.07 Å². The highest BCUT2D eigenvalue weighted by Crippen LogP contribution is 2.37. The van der Waals surface area contributed by atoms with Crippen LogP contribution in [0, 0.1) is 0 Å². The van der Waals surface area contributed by atoms with E-state index in [2.05, 4.69) is 4.98 Å². The van der Waals surface area contributed by atoms with Gasteiger partial charge in [-0.05, 0) is 17.7 Å². The Hall–Kier alpha value is -2.08. The Bertz CT molecular complexity index is 599. The van der Waals surface area contributed by atoms with Gasteiger partial charge < -0.3 is 10.5 Å². The first-order valence-corrected chi connectivity index (χ1v) is 5.84. The van der Waals surface area contributed by atoms with Crippen LogP contribution >= 0.6 is 0 Å². The van der Waals surface area contributed by atoms with Crippen molar-refractivity contribution in [1.82, 2.24) is 4.98 Å². The molecular weight excluding hydrogens is 269 g/mol. The van der Waals surface area contributed by atoms with Gasteiger partial charge in [0.15, 0.2) is 0 Å². The molecule has 2 rings (SSSR count). The summed E-state index contributed by atoms with van der Waals surface area (Å²) in [6, 6.07) is 5.86. The summed E-state index contributed by atoms with van der Waals surface area (Å²) >= 11 is 0. The molecule has 106 valence electrons. The zero-order valence-electron chi connectivity index (χ0n) is 10.7. The van der Waals surface area contributed by atoms with Crippen molar-refractivity contribution in [3.63, 3.8) is 0 Å². The Morgan fingerprint density at radius 3 is 2.50 bits per heavy atom. The van der Waals surface area contributed by atoms with Gasteiger partial charge in [-0.3, -0.25) is 4.98 Å². The fourth-order valence-corrected chi connectivity index (χ4v) is 2.01. The van der Waals surface area contributed by atoms with E-state index < -0.39 is 17.8 Å². The number of hydrogen-bond acceptors (Lipinski definition) is 3. The van der Waals surface area contributed by atoms with Gasteiger partial charge in [0.1, 0.15) is 5.75 Å². The number of nitrogens with zero attached hydrogens (tertiary/aromatic N) is 1. The number of rotatable bonds is 3. The number of nitrogens with two attached hydrogens (primary N) is 1. The van der Waals surface area contributed by atoms with Crippen LogP contribution in [0.3, 0.4) is 0 Å². The Morgan fingerprint density at radius 2 is 1.85 bits per heavy atom. The lowest BCUT2D eigenvalue weighted by Gasteiger charge is -2.20. The van der Waals surface area contributed by atoms with Gasteiger partial charge in [-0.25, -0.2) is 0 Å². The van der Waals surface area contributed by atoms with E-state index in [9.17, 15) is 13.2 Å². The predicted molar refractivity (Wildman–Crippen MR) is 68.3 cm³/mol. The SMILES string of the molecule is COc1cnccc1C(N)c1ccccc1C(F)(F)F. The molecule has 0 amide bonds. The third kappa shape index (κ3) is 2.75. The van der Waals surface area contributed by atoms with Crippen LogP contribution in [0.15, 0.2) is 42.7 Å². The molecule has 0 radical (unpaired) electrons. The monoisotopic (exact) mass is 282 g/mol. The van der Waals surface area contributed by atoms with Crippen molar-refractivity contribution >= 4 is 0 Å². The molecule has 0 fully saturated rings. The van der Waals surface area contributed by atoms with E-state index in [-0.39, 0.29) is 5.56 Å². The molecule has 0 aliphatic carbocycles. The van der Waals surface area contributed by atoms with Gasteiger partial charge in [-0.1, -0.05) is 18.2 Å². The van der Waals surface area contributed by atoms with Crippen LogP contribution in [0.1, 0.15) is 22.7 Å². The molecule has 0 bridgehead atoms. The Balaban J connectivity index is 2.52. The molecule has 1 aromatic carbocycles. The smallest absolute Gasteiger partial charge is 0.416 e. The van der Waals surface area contributed by atoms with Crippen molar-refractivity contribution in [2.45, 2.75) is 12.2 Å². The van der Waals surface area contributed by atoms with Gasteiger partial charge in [-0.15, -0.1) is 0 Å². The van der Waals surface area contributed by atoms with Crippen molar-refractivity contribution in [2.24, 2.45) is 5.73 Å². The van der Waals surface area contributed by atoms with Crippen molar-refractivity contribution in [1.29, 1.82) is 0 Å². The fourth-order valence-electron chi connectivity index (χ4n) is 2.01. The maximum atomic E-state index is 13.0. The maximum Gasteiger partial charge on any atom is 0.416 e. The summed E-state index contributed by atoms with van der Waals surface area (Å²) < 4.78 is 44.1. The number of hydrogen-bond donors (Lipinski definition) is 1. The molecule has 0 spiro atoms. The molecule has 0 aliphatic heterocycles. The second-order valence-corrected chi connectivity index (χ2v) is 4.18. The van der Waals surface area contributed by atoms with Crippen LogP contribution in [-0.2, 0) is 6.18 Å². The van der Waals surface area contributed by atoms with Crippen LogP contribution in [0.5, 0.6) is 5.75 Å². The molecule has 2 N–H and O–H groups in total. The molecule has 1 aromatic heterocycles.